The van der Waals surface area contributed by atoms with Gasteiger partial charge in [-0.2, -0.15) is 9.61 Å². The molecule has 0 radical (unpaired) electrons. The molecule has 0 saturated heterocycles. The lowest BCUT2D eigenvalue weighted by molar-refractivity contribution is 0.603. The number of nitrogens with zero attached hydrogens (tertiary/aromatic N) is 4. The van der Waals surface area contributed by atoms with E-state index in [1.54, 1.807) is 0 Å². The zero-order chi connectivity index (χ0) is 9.47. The van der Waals surface area contributed by atoms with E-state index in [2.05, 4.69) is 15.3 Å². The predicted octanol–water partition coefficient (Wildman–Crippen LogP) is 0.0518. The molecule has 0 spiro atoms. The highest BCUT2D eigenvalue weighted by molar-refractivity contribution is 8.13. The Bertz CT molecular complexity index is 548. The average Bonchev–Trinajstić information content (AvgIpc) is 2.47. The topological polar surface area (TPSA) is 77.2 Å². The first kappa shape index (κ1) is 8.39. The van der Waals surface area contributed by atoms with Crippen molar-refractivity contribution in [2.75, 3.05) is 0 Å². The number of hydrogen-bond acceptors (Lipinski definition) is 5. The molecule has 0 atom stereocenters. The first-order valence-corrected chi connectivity index (χ1v) is 5.50. The maximum absolute atomic E-state index is 10.8. The fourth-order valence-corrected chi connectivity index (χ4v) is 1.50. The maximum Gasteiger partial charge on any atom is 0.280 e. The van der Waals surface area contributed by atoms with Gasteiger partial charge in [0.15, 0.2) is 10.7 Å². The molecule has 0 bridgehead atoms. The van der Waals surface area contributed by atoms with Crippen LogP contribution in [0.15, 0.2) is 23.5 Å². The largest absolute Gasteiger partial charge is 0.280 e. The molecule has 0 aliphatic rings. The molecule has 68 valence electrons. The Kier molecular flexibility index (Phi) is 1.70. The molecule has 6 nitrogen and oxygen atoms in total. The van der Waals surface area contributed by atoms with Crippen molar-refractivity contribution in [2.45, 2.75) is 5.03 Å². The van der Waals surface area contributed by atoms with Crippen LogP contribution in [0.4, 0.5) is 0 Å². The van der Waals surface area contributed by atoms with Gasteiger partial charge in [0.2, 0.25) is 0 Å². The molecule has 0 N–H and O–H groups in total. The summed E-state index contributed by atoms with van der Waals surface area (Å²) in [7, 11) is 1.29. The molecular weight excluding hydrogens is 216 g/mol. The highest BCUT2D eigenvalue weighted by atomic mass is 35.7. The fourth-order valence-electron chi connectivity index (χ4n) is 0.841. The Morgan fingerprint density at radius 2 is 2.15 bits per heavy atom. The molecule has 0 saturated carbocycles. The molecule has 2 aromatic heterocycles. The number of aromatic nitrogens is 4. The van der Waals surface area contributed by atoms with Crippen molar-refractivity contribution in [3.05, 3.63) is 18.5 Å². The molecular formula is C5H3ClN4O2S. The summed E-state index contributed by atoms with van der Waals surface area (Å²) in [6.45, 7) is 0. The zero-order valence-electron chi connectivity index (χ0n) is 6.12. The van der Waals surface area contributed by atoms with Crippen LogP contribution in [-0.4, -0.2) is 28.2 Å². The second kappa shape index (κ2) is 2.64. The second-order valence-corrected chi connectivity index (χ2v) is 4.76. The Balaban J connectivity index is 2.75. The molecule has 2 rings (SSSR count). The Hall–Kier alpha value is -1.21. The second-order valence-electron chi connectivity index (χ2n) is 2.24. The van der Waals surface area contributed by atoms with Crippen LogP contribution in [0.2, 0.25) is 0 Å². The van der Waals surface area contributed by atoms with E-state index in [1.165, 1.54) is 23.0 Å². The summed E-state index contributed by atoms with van der Waals surface area (Å²) in [5, 5.41) is 10.6. The van der Waals surface area contributed by atoms with E-state index in [9.17, 15) is 8.42 Å². The number of hydrogen-bond donors (Lipinski definition) is 0. The smallest absolute Gasteiger partial charge is 0.205 e. The summed E-state index contributed by atoms with van der Waals surface area (Å²) in [5.41, 5.74) is 0.462. The highest BCUT2D eigenvalue weighted by Crippen LogP contribution is 2.11. The first-order chi connectivity index (χ1) is 6.07. The fraction of sp³-hybridized carbons (Fsp3) is 0. The molecule has 13 heavy (non-hydrogen) atoms. The Morgan fingerprint density at radius 3 is 2.85 bits per heavy atom. The first-order valence-electron chi connectivity index (χ1n) is 3.19. The van der Waals surface area contributed by atoms with Gasteiger partial charge in [0, 0.05) is 10.7 Å². The third kappa shape index (κ3) is 1.47. The van der Waals surface area contributed by atoms with Crippen LogP contribution in [0.5, 0.6) is 0 Å². The van der Waals surface area contributed by atoms with Crippen LogP contribution in [0.3, 0.4) is 0 Å². The maximum atomic E-state index is 10.8. The molecule has 0 aliphatic heterocycles. The van der Waals surface area contributed by atoms with Crippen LogP contribution in [0.1, 0.15) is 0 Å². The molecule has 8 heteroatoms. The van der Waals surface area contributed by atoms with Gasteiger partial charge >= 0.3 is 0 Å². The molecule has 0 amide bonds. The van der Waals surface area contributed by atoms with Crippen molar-refractivity contribution < 1.29 is 8.42 Å². The molecule has 0 unspecified atom stereocenters. The van der Waals surface area contributed by atoms with Crippen molar-refractivity contribution in [2.24, 2.45) is 0 Å². The summed E-state index contributed by atoms with van der Waals surface area (Å²) >= 11 is 0. The van der Waals surface area contributed by atoms with Crippen molar-refractivity contribution in [1.82, 2.24) is 19.8 Å². The lowest BCUT2D eigenvalue weighted by atomic mass is 10.6. The monoisotopic (exact) mass is 218 g/mol. The molecule has 0 aliphatic carbocycles. The minimum absolute atomic E-state index is 0.221. The van der Waals surface area contributed by atoms with Crippen molar-refractivity contribution in [3.63, 3.8) is 0 Å². The van der Waals surface area contributed by atoms with Crippen molar-refractivity contribution in [3.8, 4) is 0 Å². The van der Waals surface area contributed by atoms with E-state index >= 15 is 0 Å². The van der Waals surface area contributed by atoms with Crippen LogP contribution in [0, 0.1) is 0 Å². The predicted molar refractivity (Wildman–Crippen MR) is 43.8 cm³/mol. The standard InChI is InChI=1S/C5H3ClN4O2S/c6-13(11,12)5-2-1-4-8-7-3-10(4)9-5/h1-3H. The van der Waals surface area contributed by atoms with Crippen molar-refractivity contribution in [1.29, 1.82) is 0 Å². The Morgan fingerprint density at radius 1 is 1.38 bits per heavy atom. The molecule has 0 aromatic carbocycles. The minimum atomic E-state index is -3.79. The van der Waals surface area contributed by atoms with Gasteiger partial charge in [-0.15, -0.1) is 10.2 Å². The van der Waals surface area contributed by atoms with Gasteiger partial charge < -0.3 is 0 Å². The van der Waals surface area contributed by atoms with E-state index in [1.807, 2.05) is 0 Å². The van der Waals surface area contributed by atoms with Gasteiger partial charge in [0.05, 0.1) is 0 Å². The lowest BCUT2D eigenvalue weighted by Gasteiger charge is -1.94. The molecule has 2 heterocycles. The van der Waals surface area contributed by atoms with Crippen LogP contribution >= 0.6 is 10.7 Å². The van der Waals surface area contributed by atoms with E-state index < -0.39 is 9.05 Å². The lowest BCUT2D eigenvalue weighted by Crippen LogP contribution is -1.99. The third-order valence-corrected chi connectivity index (χ3v) is 2.58. The summed E-state index contributed by atoms with van der Waals surface area (Å²) in [6.07, 6.45) is 1.29. The zero-order valence-corrected chi connectivity index (χ0v) is 7.70. The van der Waals surface area contributed by atoms with Crippen LogP contribution < -0.4 is 0 Å². The molecule has 0 fully saturated rings. The van der Waals surface area contributed by atoms with E-state index in [0.717, 1.165) is 0 Å². The van der Waals surface area contributed by atoms with E-state index in [0.29, 0.717) is 5.65 Å². The third-order valence-electron chi connectivity index (χ3n) is 1.39. The van der Waals surface area contributed by atoms with Gasteiger partial charge in [-0.05, 0) is 12.1 Å². The van der Waals surface area contributed by atoms with Gasteiger partial charge in [-0.3, -0.25) is 0 Å². The minimum Gasteiger partial charge on any atom is -0.205 e. The van der Waals surface area contributed by atoms with Crippen LogP contribution in [-0.2, 0) is 9.05 Å². The average molecular weight is 219 g/mol. The number of rotatable bonds is 1. The van der Waals surface area contributed by atoms with Crippen molar-refractivity contribution >= 4 is 25.4 Å². The number of halogens is 1. The van der Waals surface area contributed by atoms with Gasteiger partial charge in [-0.1, -0.05) is 0 Å². The normalized spacial score (nSPS) is 12.1. The summed E-state index contributed by atoms with van der Waals surface area (Å²) < 4.78 is 22.9. The Labute approximate surface area is 77.6 Å². The highest BCUT2D eigenvalue weighted by Gasteiger charge is 2.12. The summed E-state index contributed by atoms with van der Waals surface area (Å²) in [6, 6.07) is 2.74. The van der Waals surface area contributed by atoms with E-state index in [4.69, 9.17) is 10.7 Å². The SMILES string of the molecule is O=S(=O)(Cl)c1ccc2nncn2n1. The van der Waals surface area contributed by atoms with E-state index in [-0.39, 0.29) is 5.03 Å². The van der Waals surface area contributed by atoms with Gasteiger partial charge in [-0.25, -0.2) is 8.42 Å². The quantitative estimate of drug-likeness (QED) is 0.632. The summed E-state index contributed by atoms with van der Waals surface area (Å²) in [5.74, 6) is 0. The van der Waals surface area contributed by atoms with Gasteiger partial charge in [0.1, 0.15) is 6.33 Å². The number of fused-ring (bicyclic) bond motifs is 1. The summed E-state index contributed by atoms with van der Waals surface area (Å²) in [4.78, 5) is 0. The molecule has 2 aromatic rings. The van der Waals surface area contributed by atoms with Crippen LogP contribution in [0.25, 0.3) is 5.65 Å². The van der Waals surface area contributed by atoms with Gasteiger partial charge in [0.25, 0.3) is 9.05 Å².